The van der Waals surface area contributed by atoms with Crippen LogP contribution in [0, 0.1) is 0 Å². The average molecular weight is 347 g/mol. The highest BCUT2D eigenvalue weighted by Crippen LogP contribution is 2.39. The lowest BCUT2D eigenvalue weighted by molar-refractivity contribution is 0.854. The molecule has 3 rings (SSSR count). The van der Waals surface area contributed by atoms with Crippen LogP contribution in [0.1, 0.15) is 43.1 Å². The van der Waals surface area contributed by atoms with Crippen molar-refractivity contribution in [2.45, 2.75) is 31.7 Å². The second-order valence-electron chi connectivity index (χ2n) is 5.44. The van der Waals surface area contributed by atoms with Gasteiger partial charge in [0.05, 0.1) is 0 Å². The van der Waals surface area contributed by atoms with Crippen molar-refractivity contribution >= 4 is 27.6 Å². The maximum Gasteiger partial charge on any atom is 0.136 e. The van der Waals surface area contributed by atoms with Gasteiger partial charge in [-0.1, -0.05) is 28.1 Å². The Bertz CT molecular complexity index is 640. The zero-order valence-corrected chi connectivity index (χ0v) is 13.8. The third-order valence-corrected chi connectivity index (χ3v) is 4.15. The molecule has 1 aromatic carbocycles. The Kier molecular flexibility index (Phi) is 4.10. The number of anilines is 2. The minimum atomic E-state index is 0.189. The summed E-state index contributed by atoms with van der Waals surface area (Å²) in [6, 6.07) is 10.5. The zero-order valence-electron chi connectivity index (χ0n) is 12.2. The van der Waals surface area contributed by atoms with E-state index >= 15 is 0 Å². The van der Waals surface area contributed by atoms with E-state index in [4.69, 9.17) is 0 Å². The SMILES string of the molecule is CNc1cc(NC(C)c2cccc(Br)c2)nc(C2CC2)n1. The molecule has 1 unspecified atom stereocenters. The molecule has 4 nitrogen and oxygen atoms in total. The van der Waals surface area contributed by atoms with E-state index in [1.807, 2.05) is 25.2 Å². The Balaban J connectivity index is 1.81. The first-order chi connectivity index (χ1) is 10.2. The normalized spacial score (nSPS) is 15.6. The van der Waals surface area contributed by atoms with Gasteiger partial charge in [-0.15, -0.1) is 0 Å². The summed E-state index contributed by atoms with van der Waals surface area (Å²) in [6.45, 7) is 2.14. The lowest BCUT2D eigenvalue weighted by atomic mass is 10.1. The van der Waals surface area contributed by atoms with E-state index in [1.54, 1.807) is 0 Å². The fraction of sp³-hybridized carbons (Fsp3) is 0.375. The summed E-state index contributed by atoms with van der Waals surface area (Å²) in [5.41, 5.74) is 1.22. The van der Waals surface area contributed by atoms with Gasteiger partial charge in [0.25, 0.3) is 0 Å². The molecule has 0 saturated heterocycles. The molecule has 1 aromatic heterocycles. The van der Waals surface area contributed by atoms with Gasteiger partial charge in [0.1, 0.15) is 17.5 Å². The van der Waals surface area contributed by atoms with Crippen molar-refractivity contribution in [2.24, 2.45) is 0 Å². The van der Waals surface area contributed by atoms with E-state index in [2.05, 4.69) is 55.6 Å². The van der Waals surface area contributed by atoms with Crippen molar-refractivity contribution in [1.82, 2.24) is 9.97 Å². The van der Waals surface area contributed by atoms with Gasteiger partial charge in [0, 0.05) is 29.5 Å². The van der Waals surface area contributed by atoms with Crippen LogP contribution in [0.25, 0.3) is 0 Å². The van der Waals surface area contributed by atoms with Crippen molar-refractivity contribution in [3.63, 3.8) is 0 Å². The van der Waals surface area contributed by atoms with E-state index in [0.29, 0.717) is 5.92 Å². The molecule has 0 aliphatic heterocycles. The molecular weight excluding hydrogens is 328 g/mol. The second kappa shape index (κ2) is 6.02. The third kappa shape index (κ3) is 3.53. The molecule has 2 aromatic rings. The van der Waals surface area contributed by atoms with E-state index in [9.17, 15) is 0 Å². The summed E-state index contributed by atoms with van der Waals surface area (Å²) in [5, 5.41) is 6.59. The number of rotatable bonds is 5. The molecule has 0 spiro atoms. The van der Waals surface area contributed by atoms with Crippen LogP contribution in [0.2, 0.25) is 0 Å². The molecule has 1 saturated carbocycles. The largest absolute Gasteiger partial charge is 0.373 e. The maximum atomic E-state index is 4.66. The van der Waals surface area contributed by atoms with Gasteiger partial charge >= 0.3 is 0 Å². The quantitative estimate of drug-likeness (QED) is 0.845. The molecule has 0 bridgehead atoms. The van der Waals surface area contributed by atoms with Gasteiger partial charge in [0.2, 0.25) is 0 Å². The number of nitrogens with zero attached hydrogens (tertiary/aromatic N) is 2. The molecule has 1 aliphatic carbocycles. The summed E-state index contributed by atoms with van der Waals surface area (Å²) in [6.07, 6.45) is 2.40. The van der Waals surface area contributed by atoms with Crippen LogP contribution < -0.4 is 10.6 Å². The van der Waals surface area contributed by atoms with Crippen LogP contribution >= 0.6 is 15.9 Å². The van der Waals surface area contributed by atoms with E-state index < -0.39 is 0 Å². The van der Waals surface area contributed by atoms with Gasteiger partial charge < -0.3 is 10.6 Å². The Morgan fingerprint density at radius 2 is 1.95 bits per heavy atom. The molecule has 110 valence electrons. The molecule has 0 radical (unpaired) electrons. The van der Waals surface area contributed by atoms with Gasteiger partial charge in [0.15, 0.2) is 0 Å². The van der Waals surface area contributed by atoms with Crippen LogP contribution in [0.3, 0.4) is 0 Å². The number of benzene rings is 1. The Morgan fingerprint density at radius 3 is 2.62 bits per heavy atom. The summed E-state index contributed by atoms with van der Waals surface area (Å²) in [7, 11) is 1.89. The molecule has 1 atom stereocenters. The van der Waals surface area contributed by atoms with Crippen LogP contribution in [0.5, 0.6) is 0 Å². The first-order valence-corrected chi connectivity index (χ1v) is 8.03. The highest BCUT2D eigenvalue weighted by atomic mass is 79.9. The van der Waals surface area contributed by atoms with Crippen LogP contribution in [-0.4, -0.2) is 17.0 Å². The average Bonchev–Trinajstić information content (AvgIpc) is 3.31. The monoisotopic (exact) mass is 346 g/mol. The highest BCUT2D eigenvalue weighted by Gasteiger charge is 2.27. The van der Waals surface area contributed by atoms with Crippen molar-refractivity contribution in [3.8, 4) is 0 Å². The second-order valence-corrected chi connectivity index (χ2v) is 6.36. The van der Waals surface area contributed by atoms with E-state index in [-0.39, 0.29) is 6.04 Å². The summed E-state index contributed by atoms with van der Waals surface area (Å²) >= 11 is 3.51. The van der Waals surface area contributed by atoms with Crippen molar-refractivity contribution < 1.29 is 0 Å². The molecule has 1 heterocycles. The molecular formula is C16H19BrN4. The molecule has 1 fully saturated rings. The zero-order chi connectivity index (χ0) is 14.8. The van der Waals surface area contributed by atoms with Crippen molar-refractivity contribution in [1.29, 1.82) is 0 Å². The van der Waals surface area contributed by atoms with Crippen molar-refractivity contribution in [2.75, 3.05) is 17.7 Å². The predicted molar refractivity (Wildman–Crippen MR) is 89.7 cm³/mol. The van der Waals surface area contributed by atoms with E-state index in [1.165, 1.54) is 18.4 Å². The number of aromatic nitrogens is 2. The summed E-state index contributed by atoms with van der Waals surface area (Å²) < 4.78 is 1.09. The lowest BCUT2D eigenvalue weighted by Gasteiger charge is -2.16. The summed E-state index contributed by atoms with van der Waals surface area (Å²) in [5.74, 6) is 3.24. The Hall–Kier alpha value is -1.62. The molecule has 0 amide bonds. The number of halogens is 1. The van der Waals surface area contributed by atoms with Gasteiger partial charge in [-0.3, -0.25) is 0 Å². The Labute approximate surface area is 133 Å². The minimum Gasteiger partial charge on any atom is -0.373 e. The van der Waals surface area contributed by atoms with Gasteiger partial charge in [-0.2, -0.15) is 0 Å². The van der Waals surface area contributed by atoms with E-state index in [0.717, 1.165) is 21.9 Å². The molecule has 21 heavy (non-hydrogen) atoms. The fourth-order valence-electron chi connectivity index (χ4n) is 2.27. The first-order valence-electron chi connectivity index (χ1n) is 7.24. The van der Waals surface area contributed by atoms with Crippen LogP contribution in [0.4, 0.5) is 11.6 Å². The van der Waals surface area contributed by atoms with Crippen molar-refractivity contribution in [3.05, 3.63) is 46.2 Å². The smallest absolute Gasteiger partial charge is 0.136 e. The van der Waals surface area contributed by atoms with Gasteiger partial charge in [-0.05, 0) is 37.5 Å². The fourth-order valence-corrected chi connectivity index (χ4v) is 2.69. The molecule has 2 N–H and O–H groups in total. The first kappa shape index (κ1) is 14.3. The van der Waals surface area contributed by atoms with Gasteiger partial charge in [-0.25, -0.2) is 9.97 Å². The Morgan fingerprint density at radius 1 is 1.19 bits per heavy atom. The lowest BCUT2D eigenvalue weighted by Crippen LogP contribution is -2.10. The predicted octanol–water partition coefficient (Wildman–Crippen LogP) is 4.33. The third-order valence-electron chi connectivity index (χ3n) is 3.66. The highest BCUT2D eigenvalue weighted by molar-refractivity contribution is 9.10. The topological polar surface area (TPSA) is 49.8 Å². The minimum absolute atomic E-state index is 0.189. The van der Waals surface area contributed by atoms with Crippen LogP contribution in [0.15, 0.2) is 34.8 Å². The standard InChI is InChI=1S/C16H19BrN4/c1-10(12-4-3-5-13(17)8-12)19-15-9-14(18-2)20-16(21-15)11-6-7-11/h3-5,8-11H,6-7H2,1-2H3,(H2,18,19,20,21). The molecule has 5 heteroatoms. The van der Waals surface area contributed by atoms with Crippen LogP contribution in [-0.2, 0) is 0 Å². The number of nitrogens with one attached hydrogen (secondary N) is 2. The molecule has 1 aliphatic rings. The number of hydrogen-bond acceptors (Lipinski definition) is 4. The maximum absolute atomic E-state index is 4.66. The summed E-state index contributed by atoms with van der Waals surface area (Å²) in [4.78, 5) is 9.20. The number of hydrogen-bond donors (Lipinski definition) is 2.